The fraction of sp³-hybridized carbons (Fsp3) is 0.611. The number of hydrogen-bond acceptors (Lipinski definition) is 4. The molecule has 7 heteroatoms. The van der Waals surface area contributed by atoms with E-state index in [1.54, 1.807) is 0 Å². The van der Waals surface area contributed by atoms with Crippen LogP contribution in [0.1, 0.15) is 32.1 Å². The van der Waals surface area contributed by atoms with Crippen LogP contribution in [-0.2, 0) is 4.79 Å². The standard InChI is InChI=1S/C18H29N3O2.2ClH/c1-21(2)10-11-23-16-8-5-7-15(13-16)20-18(22)12-14-6-3-4-9-17(14)19;;/h5,7-8,13-14,17H,3-4,6,9-12,19H2,1-2H3,(H,20,22);2*1H. The summed E-state index contributed by atoms with van der Waals surface area (Å²) >= 11 is 0. The zero-order valence-electron chi connectivity index (χ0n) is 15.1. The van der Waals surface area contributed by atoms with Crippen molar-refractivity contribution in [2.45, 2.75) is 38.1 Å². The average molecular weight is 392 g/mol. The van der Waals surface area contributed by atoms with Crippen molar-refractivity contribution in [3.63, 3.8) is 0 Å². The molecule has 1 aromatic rings. The predicted octanol–water partition coefficient (Wildman–Crippen LogP) is 3.32. The summed E-state index contributed by atoms with van der Waals surface area (Å²) < 4.78 is 5.69. The number of benzene rings is 1. The average Bonchev–Trinajstić information content (AvgIpc) is 2.49. The van der Waals surface area contributed by atoms with Crippen molar-refractivity contribution in [1.29, 1.82) is 0 Å². The van der Waals surface area contributed by atoms with Crippen LogP contribution in [0.4, 0.5) is 5.69 Å². The summed E-state index contributed by atoms with van der Waals surface area (Å²) in [5.41, 5.74) is 6.90. The van der Waals surface area contributed by atoms with Gasteiger partial charge in [-0.3, -0.25) is 4.79 Å². The van der Waals surface area contributed by atoms with E-state index >= 15 is 0 Å². The smallest absolute Gasteiger partial charge is 0.224 e. The Labute approximate surface area is 163 Å². The van der Waals surface area contributed by atoms with Crippen LogP contribution in [0.25, 0.3) is 0 Å². The first kappa shape index (κ1) is 24.0. The van der Waals surface area contributed by atoms with E-state index in [0.29, 0.717) is 18.9 Å². The third-order valence-corrected chi connectivity index (χ3v) is 4.34. The number of carbonyl (C=O) groups excluding carboxylic acids is 1. The van der Waals surface area contributed by atoms with Crippen molar-refractivity contribution >= 4 is 36.4 Å². The summed E-state index contributed by atoms with van der Waals surface area (Å²) in [6, 6.07) is 7.72. The Morgan fingerprint density at radius 2 is 2.00 bits per heavy atom. The second kappa shape index (κ2) is 12.4. The second-order valence-corrected chi connectivity index (χ2v) is 6.64. The van der Waals surface area contributed by atoms with Crippen molar-refractivity contribution in [3.8, 4) is 5.75 Å². The monoisotopic (exact) mass is 391 g/mol. The molecule has 1 aromatic carbocycles. The van der Waals surface area contributed by atoms with Crippen LogP contribution >= 0.6 is 24.8 Å². The third-order valence-electron chi connectivity index (χ3n) is 4.34. The third kappa shape index (κ3) is 8.77. The summed E-state index contributed by atoms with van der Waals surface area (Å²) in [5, 5.41) is 2.96. The van der Waals surface area contributed by atoms with E-state index in [1.807, 2.05) is 38.4 Å². The molecule has 2 atom stereocenters. The number of halogens is 2. The van der Waals surface area contributed by atoms with Crippen molar-refractivity contribution in [2.24, 2.45) is 11.7 Å². The number of hydrogen-bond donors (Lipinski definition) is 2. The molecule has 0 heterocycles. The molecule has 0 spiro atoms. The molecule has 0 aromatic heterocycles. The Bertz CT molecular complexity index is 515. The molecule has 0 saturated heterocycles. The molecule has 3 N–H and O–H groups in total. The fourth-order valence-corrected chi connectivity index (χ4v) is 2.95. The molecule has 2 unspecified atom stereocenters. The summed E-state index contributed by atoms with van der Waals surface area (Å²) in [7, 11) is 4.02. The van der Waals surface area contributed by atoms with Gasteiger partial charge in [0.05, 0.1) is 0 Å². The van der Waals surface area contributed by atoms with Gasteiger partial charge >= 0.3 is 0 Å². The van der Waals surface area contributed by atoms with Crippen LogP contribution in [0, 0.1) is 5.92 Å². The maximum Gasteiger partial charge on any atom is 0.224 e. The highest BCUT2D eigenvalue weighted by atomic mass is 35.5. The molecule has 5 nitrogen and oxygen atoms in total. The van der Waals surface area contributed by atoms with Gasteiger partial charge in [-0.1, -0.05) is 18.9 Å². The van der Waals surface area contributed by atoms with Gasteiger partial charge in [0.25, 0.3) is 0 Å². The van der Waals surface area contributed by atoms with Gasteiger partial charge in [0, 0.05) is 30.8 Å². The lowest BCUT2D eigenvalue weighted by molar-refractivity contribution is -0.117. The SMILES string of the molecule is CN(C)CCOc1cccc(NC(=O)CC2CCCCC2N)c1.Cl.Cl. The Balaban J connectivity index is 0.00000288. The van der Waals surface area contributed by atoms with Crippen LogP contribution in [0.3, 0.4) is 0 Å². The first-order valence-electron chi connectivity index (χ1n) is 8.47. The highest BCUT2D eigenvalue weighted by molar-refractivity contribution is 5.91. The molecule has 1 saturated carbocycles. The highest BCUT2D eigenvalue weighted by Gasteiger charge is 2.24. The topological polar surface area (TPSA) is 67.6 Å². The van der Waals surface area contributed by atoms with E-state index in [0.717, 1.165) is 30.8 Å². The Kier molecular flexibility index (Phi) is 11.9. The largest absolute Gasteiger partial charge is 0.492 e. The van der Waals surface area contributed by atoms with E-state index in [4.69, 9.17) is 10.5 Å². The molecule has 25 heavy (non-hydrogen) atoms. The van der Waals surface area contributed by atoms with Gasteiger partial charge in [-0.05, 0) is 45.0 Å². The van der Waals surface area contributed by atoms with Crippen molar-refractivity contribution in [2.75, 3.05) is 32.6 Å². The highest BCUT2D eigenvalue weighted by Crippen LogP contribution is 2.26. The lowest BCUT2D eigenvalue weighted by Crippen LogP contribution is -2.35. The minimum absolute atomic E-state index is 0. The number of likely N-dealkylation sites (N-methyl/N-ethyl adjacent to an activating group) is 1. The molecule has 1 aliphatic rings. The van der Waals surface area contributed by atoms with Gasteiger partial charge < -0.3 is 20.7 Å². The van der Waals surface area contributed by atoms with Crippen LogP contribution in [-0.4, -0.2) is 44.1 Å². The molecule has 1 aliphatic carbocycles. The fourth-order valence-electron chi connectivity index (χ4n) is 2.95. The molecular weight excluding hydrogens is 361 g/mol. The summed E-state index contributed by atoms with van der Waals surface area (Å²) in [6.07, 6.45) is 4.97. The zero-order chi connectivity index (χ0) is 16.7. The normalized spacial score (nSPS) is 19.5. The maximum atomic E-state index is 12.2. The lowest BCUT2D eigenvalue weighted by Gasteiger charge is -2.27. The number of anilines is 1. The van der Waals surface area contributed by atoms with Gasteiger partial charge in [-0.25, -0.2) is 0 Å². The van der Waals surface area contributed by atoms with Crippen molar-refractivity contribution < 1.29 is 9.53 Å². The van der Waals surface area contributed by atoms with E-state index < -0.39 is 0 Å². The van der Waals surface area contributed by atoms with E-state index in [2.05, 4.69) is 10.2 Å². The van der Waals surface area contributed by atoms with Gasteiger partial charge in [-0.15, -0.1) is 24.8 Å². The van der Waals surface area contributed by atoms with E-state index in [-0.39, 0.29) is 36.8 Å². The van der Waals surface area contributed by atoms with Crippen LogP contribution in [0.5, 0.6) is 5.75 Å². The minimum Gasteiger partial charge on any atom is -0.492 e. The zero-order valence-corrected chi connectivity index (χ0v) is 16.7. The quantitative estimate of drug-likeness (QED) is 0.747. The van der Waals surface area contributed by atoms with Crippen LogP contribution in [0.15, 0.2) is 24.3 Å². The number of rotatable bonds is 7. The number of nitrogens with two attached hydrogens (primary N) is 1. The van der Waals surface area contributed by atoms with Gasteiger partial charge in [0.15, 0.2) is 0 Å². The van der Waals surface area contributed by atoms with Crippen LogP contribution in [0.2, 0.25) is 0 Å². The molecular formula is C18H31Cl2N3O2. The number of ether oxygens (including phenoxy) is 1. The Morgan fingerprint density at radius 1 is 1.28 bits per heavy atom. The van der Waals surface area contributed by atoms with Gasteiger partial charge in [0.2, 0.25) is 5.91 Å². The summed E-state index contributed by atoms with van der Waals surface area (Å²) in [4.78, 5) is 14.3. The first-order chi connectivity index (χ1) is 11.0. The number of carbonyl (C=O) groups is 1. The molecule has 0 aliphatic heterocycles. The Hall–Kier alpha value is -1.01. The molecule has 1 fully saturated rings. The Morgan fingerprint density at radius 3 is 2.68 bits per heavy atom. The molecule has 0 radical (unpaired) electrons. The number of nitrogens with zero attached hydrogens (tertiary/aromatic N) is 1. The van der Waals surface area contributed by atoms with E-state index in [9.17, 15) is 4.79 Å². The number of amides is 1. The van der Waals surface area contributed by atoms with Crippen LogP contribution < -0.4 is 15.8 Å². The summed E-state index contributed by atoms with van der Waals surface area (Å²) in [5.74, 6) is 1.13. The molecule has 2 rings (SSSR count). The molecule has 1 amide bonds. The molecule has 144 valence electrons. The number of nitrogens with one attached hydrogen (secondary N) is 1. The summed E-state index contributed by atoms with van der Waals surface area (Å²) in [6.45, 7) is 1.48. The lowest BCUT2D eigenvalue weighted by atomic mass is 9.83. The second-order valence-electron chi connectivity index (χ2n) is 6.64. The van der Waals surface area contributed by atoms with Crippen molar-refractivity contribution in [1.82, 2.24) is 4.90 Å². The predicted molar refractivity (Wildman–Crippen MR) is 108 cm³/mol. The molecule has 0 bridgehead atoms. The maximum absolute atomic E-state index is 12.2. The van der Waals surface area contributed by atoms with Gasteiger partial charge in [0.1, 0.15) is 12.4 Å². The minimum atomic E-state index is 0. The van der Waals surface area contributed by atoms with E-state index in [1.165, 1.54) is 12.8 Å². The first-order valence-corrected chi connectivity index (χ1v) is 8.47. The van der Waals surface area contributed by atoms with Crippen molar-refractivity contribution in [3.05, 3.63) is 24.3 Å². The van der Waals surface area contributed by atoms with Gasteiger partial charge in [-0.2, -0.15) is 0 Å².